The average Bonchev–Trinajstić information content (AvgIpc) is 3.47. The monoisotopic (exact) mass is 417 g/mol. The second-order valence-corrected chi connectivity index (χ2v) is 8.00. The van der Waals surface area contributed by atoms with E-state index in [0.29, 0.717) is 12.6 Å². The Hall–Kier alpha value is -3.16. The molecule has 0 amide bonds. The zero-order valence-electron chi connectivity index (χ0n) is 17.7. The van der Waals surface area contributed by atoms with Crippen LogP contribution in [0.25, 0.3) is 22.6 Å². The zero-order chi connectivity index (χ0) is 21.0. The van der Waals surface area contributed by atoms with Crippen molar-refractivity contribution < 1.29 is 9.78 Å². The summed E-state index contributed by atoms with van der Waals surface area (Å²) in [4.78, 5) is 19.0. The van der Waals surface area contributed by atoms with E-state index in [1.807, 2.05) is 16.8 Å². The van der Waals surface area contributed by atoms with E-state index in [1.54, 1.807) is 12.5 Å². The molecule has 0 radical (unpaired) electrons. The van der Waals surface area contributed by atoms with Crippen LogP contribution in [-0.4, -0.2) is 32.1 Å². The second-order valence-electron chi connectivity index (χ2n) is 8.00. The third-order valence-corrected chi connectivity index (χ3v) is 5.92. The Morgan fingerprint density at radius 3 is 2.65 bits per heavy atom. The van der Waals surface area contributed by atoms with Crippen LogP contribution in [0.5, 0.6) is 0 Å². The van der Waals surface area contributed by atoms with Gasteiger partial charge in [-0.25, -0.2) is 19.7 Å². The summed E-state index contributed by atoms with van der Waals surface area (Å²) < 4.78 is 4.14. The molecular weight excluding hydrogens is 390 g/mol. The molecule has 7 heteroatoms. The molecule has 7 nitrogen and oxygen atoms in total. The molecule has 3 heterocycles. The molecule has 4 aromatic rings. The van der Waals surface area contributed by atoms with Crippen LogP contribution in [0.2, 0.25) is 0 Å². The highest BCUT2D eigenvalue weighted by molar-refractivity contribution is 5.77. The molecule has 1 N–H and O–H groups in total. The van der Waals surface area contributed by atoms with Crippen molar-refractivity contribution in [2.45, 2.75) is 44.8 Å². The van der Waals surface area contributed by atoms with E-state index in [4.69, 9.17) is 14.8 Å². The summed E-state index contributed by atoms with van der Waals surface area (Å²) in [5, 5.41) is 3.81. The molecule has 0 spiro atoms. The number of imidazole rings is 2. The highest BCUT2D eigenvalue weighted by atomic mass is 17.2. The van der Waals surface area contributed by atoms with Crippen LogP contribution in [0.1, 0.15) is 37.7 Å². The Morgan fingerprint density at radius 1 is 1.06 bits per heavy atom. The fourth-order valence-electron chi connectivity index (χ4n) is 4.29. The summed E-state index contributed by atoms with van der Waals surface area (Å²) in [7, 11) is 1.52. The highest BCUT2D eigenvalue weighted by Crippen LogP contribution is 2.32. The molecule has 160 valence electrons. The van der Waals surface area contributed by atoms with Gasteiger partial charge in [-0.3, -0.25) is 4.40 Å². The van der Waals surface area contributed by atoms with Gasteiger partial charge in [0.1, 0.15) is 23.8 Å². The first-order chi connectivity index (χ1) is 15.3. The van der Waals surface area contributed by atoms with Crippen molar-refractivity contribution >= 4 is 11.5 Å². The Balaban J connectivity index is 1.53. The van der Waals surface area contributed by atoms with E-state index in [-0.39, 0.29) is 0 Å². The topological polar surface area (TPSA) is 65.6 Å². The number of pyridine rings is 1. The van der Waals surface area contributed by atoms with Gasteiger partial charge in [0.05, 0.1) is 13.4 Å². The zero-order valence-corrected chi connectivity index (χ0v) is 17.7. The van der Waals surface area contributed by atoms with Crippen LogP contribution in [-0.2, 0) is 16.4 Å². The maximum absolute atomic E-state index is 5.10. The van der Waals surface area contributed by atoms with Crippen molar-refractivity contribution in [2.75, 3.05) is 12.4 Å². The highest BCUT2D eigenvalue weighted by Gasteiger charge is 2.20. The molecule has 0 bridgehead atoms. The van der Waals surface area contributed by atoms with E-state index >= 15 is 0 Å². The smallest absolute Gasteiger partial charge is 0.139 e. The molecule has 1 aliphatic rings. The Morgan fingerprint density at radius 2 is 1.90 bits per heavy atom. The largest absolute Gasteiger partial charge is 0.367 e. The minimum atomic E-state index is 0.389. The number of nitrogens with one attached hydrogen (secondary N) is 1. The lowest BCUT2D eigenvalue weighted by Crippen LogP contribution is -2.23. The van der Waals surface area contributed by atoms with E-state index in [9.17, 15) is 0 Å². The van der Waals surface area contributed by atoms with Crippen LogP contribution in [0.3, 0.4) is 0 Å². The van der Waals surface area contributed by atoms with E-state index in [2.05, 4.69) is 51.2 Å². The first-order valence-corrected chi connectivity index (χ1v) is 10.8. The lowest BCUT2D eigenvalue weighted by molar-refractivity contribution is -0.282. The fraction of sp³-hybridized carbons (Fsp3) is 0.333. The predicted molar refractivity (Wildman–Crippen MR) is 120 cm³/mol. The quantitative estimate of drug-likeness (QED) is 0.338. The van der Waals surface area contributed by atoms with Gasteiger partial charge in [-0.15, -0.1) is 0 Å². The molecule has 0 atom stereocenters. The van der Waals surface area contributed by atoms with E-state index in [0.717, 1.165) is 34.0 Å². The average molecular weight is 418 g/mol. The molecule has 31 heavy (non-hydrogen) atoms. The van der Waals surface area contributed by atoms with Crippen LogP contribution in [0.4, 0.5) is 5.82 Å². The number of anilines is 1. The van der Waals surface area contributed by atoms with Gasteiger partial charge < -0.3 is 9.88 Å². The first kappa shape index (κ1) is 19.8. The summed E-state index contributed by atoms with van der Waals surface area (Å²) in [6, 6.07) is 13.0. The van der Waals surface area contributed by atoms with Gasteiger partial charge in [0.25, 0.3) is 0 Å². The van der Waals surface area contributed by atoms with Crippen LogP contribution >= 0.6 is 0 Å². The maximum atomic E-state index is 5.10. The van der Waals surface area contributed by atoms with E-state index in [1.165, 1.54) is 39.2 Å². The molecule has 0 saturated heterocycles. The van der Waals surface area contributed by atoms with Gasteiger partial charge in [-0.2, -0.15) is 0 Å². The van der Waals surface area contributed by atoms with Crippen LogP contribution in [0.15, 0.2) is 61.3 Å². The molecule has 1 saturated carbocycles. The first-order valence-electron chi connectivity index (χ1n) is 10.8. The predicted octanol–water partition coefficient (Wildman–Crippen LogP) is 5.01. The molecule has 0 unspecified atom stereocenters. The number of hydrogen-bond acceptors (Lipinski definition) is 5. The standard InChI is InChI=1S/C24H27N5O2/c1-30-31-16-18-11-13-29-22(15-18)27-23(24(29)26-20-5-3-2-4-6-20)19-7-9-21(10-8-19)28-14-12-25-17-28/h7-15,17,20,26H,2-6,16H2,1H3. The number of nitrogens with zero attached hydrogens (tertiary/aromatic N) is 4. The van der Waals surface area contributed by atoms with Crippen molar-refractivity contribution in [3.63, 3.8) is 0 Å². The number of hydrogen-bond donors (Lipinski definition) is 1. The number of benzene rings is 1. The van der Waals surface area contributed by atoms with Gasteiger partial charge in [-0.05, 0) is 42.7 Å². The van der Waals surface area contributed by atoms with Gasteiger partial charge in [0.15, 0.2) is 0 Å². The summed E-state index contributed by atoms with van der Waals surface area (Å²) >= 11 is 0. The minimum Gasteiger partial charge on any atom is -0.367 e. The fourth-order valence-corrected chi connectivity index (χ4v) is 4.29. The Kier molecular flexibility index (Phi) is 5.69. The van der Waals surface area contributed by atoms with Crippen molar-refractivity contribution in [1.82, 2.24) is 18.9 Å². The van der Waals surface area contributed by atoms with Crippen molar-refractivity contribution in [3.05, 3.63) is 66.9 Å². The summed E-state index contributed by atoms with van der Waals surface area (Å²) in [5.41, 5.74) is 5.04. The Labute approximate surface area is 181 Å². The summed E-state index contributed by atoms with van der Waals surface area (Å²) in [5.74, 6) is 1.05. The van der Waals surface area contributed by atoms with Crippen molar-refractivity contribution in [2.24, 2.45) is 0 Å². The molecule has 1 fully saturated rings. The van der Waals surface area contributed by atoms with Gasteiger partial charge in [0.2, 0.25) is 0 Å². The summed E-state index contributed by atoms with van der Waals surface area (Å²) in [6.45, 7) is 0.389. The lowest BCUT2D eigenvalue weighted by atomic mass is 9.95. The molecule has 0 aliphatic heterocycles. The summed E-state index contributed by atoms with van der Waals surface area (Å²) in [6.07, 6.45) is 13.9. The molecule has 3 aromatic heterocycles. The normalized spacial score (nSPS) is 14.9. The van der Waals surface area contributed by atoms with Gasteiger partial charge in [-0.1, -0.05) is 31.4 Å². The van der Waals surface area contributed by atoms with Crippen molar-refractivity contribution in [1.29, 1.82) is 0 Å². The van der Waals surface area contributed by atoms with Crippen LogP contribution < -0.4 is 5.32 Å². The Bertz CT molecular complexity index is 1130. The lowest BCUT2D eigenvalue weighted by Gasteiger charge is -2.24. The molecule has 5 rings (SSSR count). The molecule has 1 aromatic carbocycles. The minimum absolute atomic E-state index is 0.389. The van der Waals surface area contributed by atoms with Gasteiger partial charge >= 0.3 is 0 Å². The third-order valence-electron chi connectivity index (χ3n) is 5.92. The second kappa shape index (κ2) is 8.91. The number of fused-ring (bicyclic) bond motifs is 1. The molecular formula is C24H27N5O2. The third kappa shape index (κ3) is 4.19. The van der Waals surface area contributed by atoms with Gasteiger partial charge in [0, 0.05) is 35.9 Å². The molecule has 1 aliphatic carbocycles. The maximum Gasteiger partial charge on any atom is 0.139 e. The van der Waals surface area contributed by atoms with Crippen molar-refractivity contribution in [3.8, 4) is 16.9 Å². The number of aromatic nitrogens is 4. The SMILES string of the molecule is COOCc1ccn2c(NC3CCCCC3)c(-c3ccc(-n4ccnc4)cc3)nc2c1. The van der Waals surface area contributed by atoms with Crippen LogP contribution in [0, 0.1) is 0 Å². The number of rotatable bonds is 7. The van der Waals surface area contributed by atoms with E-state index < -0.39 is 0 Å².